The van der Waals surface area contributed by atoms with Gasteiger partial charge in [-0.3, -0.25) is 4.79 Å². The molecule has 0 aromatic heterocycles. The highest BCUT2D eigenvalue weighted by Crippen LogP contribution is 2.34. The quantitative estimate of drug-likeness (QED) is 0.780. The second kappa shape index (κ2) is 8.30. The third-order valence-electron chi connectivity index (χ3n) is 5.69. The first kappa shape index (κ1) is 17.7. The van der Waals surface area contributed by atoms with Crippen LogP contribution in [0.4, 0.5) is 0 Å². The third kappa shape index (κ3) is 4.50. The minimum atomic E-state index is 0.292. The van der Waals surface area contributed by atoms with E-state index in [9.17, 15) is 4.79 Å². The largest absolute Gasteiger partial charge is 0.454 e. The van der Waals surface area contributed by atoms with Crippen LogP contribution in [0.5, 0.6) is 11.5 Å². The summed E-state index contributed by atoms with van der Waals surface area (Å²) < 4.78 is 10.9. The summed E-state index contributed by atoms with van der Waals surface area (Å²) in [5.41, 5.74) is 1.13. The van der Waals surface area contributed by atoms with Gasteiger partial charge in [-0.05, 0) is 56.5 Å². The summed E-state index contributed by atoms with van der Waals surface area (Å²) in [5.74, 6) is 1.90. The molecule has 0 N–H and O–H groups in total. The summed E-state index contributed by atoms with van der Waals surface area (Å²) in [6.07, 6.45) is 9.51. The number of fused-ring (bicyclic) bond motifs is 1. The lowest BCUT2D eigenvalue weighted by Gasteiger charge is -2.27. The van der Waals surface area contributed by atoms with Gasteiger partial charge in [-0.15, -0.1) is 0 Å². The van der Waals surface area contributed by atoms with Gasteiger partial charge in [0, 0.05) is 25.6 Å². The maximum absolute atomic E-state index is 12.9. The highest BCUT2D eigenvalue weighted by Gasteiger charge is 2.32. The SMILES string of the molecule is O=C(CCN1CCCCCCC1)N(Cc1ccc2c(c1)OCO2)C1CC1. The molecule has 1 saturated carbocycles. The molecular formula is C21H30N2O3. The molecule has 5 heteroatoms. The normalized spacial score (nSPS) is 20.5. The van der Waals surface area contributed by atoms with Crippen LogP contribution in [0.15, 0.2) is 18.2 Å². The molecule has 142 valence electrons. The number of ether oxygens (including phenoxy) is 2. The Kier molecular flexibility index (Phi) is 5.63. The zero-order valence-electron chi connectivity index (χ0n) is 15.6. The zero-order chi connectivity index (χ0) is 17.8. The van der Waals surface area contributed by atoms with Crippen molar-refractivity contribution >= 4 is 5.91 Å². The second-order valence-electron chi connectivity index (χ2n) is 7.80. The van der Waals surface area contributed by atoms with E-state index in [1.54, 1.807) is 0 Å². The van der Waals surface area contributed by atoms with E-state index >= 15 is 0 Å². The average molecular weight is 358 g/mol. The Hall–Kier alpha value is -1.75. The second-order valence-corrected chi connectivity index (χ2v) is 7.80. The van der Waals surface area contributed by atoms with Crippen LogP contribution in [0.3, 0.4) is 0 Å². The van der Waals surface area contributed by atoms with Crippen molar-refractivity contribution in [2.75, 3.05) is 26.4 Å². The van der Waals surface area contributed by atoms with Gasteiger partial charge < -0.3 is 19.3 Å². The van der Waals surface area contributed by atoms with E-state index in [4.69, 9.17) is 9.47 Å². The summed E-state index contributed by atoms with van der Waals surface area (Å²) in [7, 11) is 0. The summed E-state index contributed by atoms with van der Waals surface area (Å²) in [5, 5.41) is 0. The van der Waals surface area contributed by atoms with E-state index in [0.29, 0.717) is 31.7 Å². The first-order chi connectivity index (χ1) is 12.8. The van der Waals surface area contributed by atoms with Crippen LogP contribution >= 0.6 is 0 Å². The fourth-order valence-electron chi connectivity index (χ4n) is 3.98. The summed E-state index contributed by atoms with van der Waals surface area (Å²) in [6, 6.07) is 6.45. The van der Waals surface area contributed by atoms with Crippen molar-refractivity contribution in [1.82, 2.24) is 9.80 Å². The number of nitrogens with zero attached hydrogens (tertiary/aromatic N) is 2. The molecule has 0 radical (unpaired) electrons. The molecule has 4 rings (SSSR count). The Labute approximate surface area is 156 Å². The molecular weight excluding hydrogens is 328 g/mol. The minimum Gasteiger partial charge on any atom is -0.454 e. The highest BCUT2D eigenvalue weighted by atomic mass is 16.7. The predicted molar refractivity (Wildman–Crippen MR) is 100 cm³/mol. The zero-order valence-corrected chi connectivity index (χ0v) is 15.6. The van der Waals surface area contributed by atoms with Crippen molar-refractivity contribution < 1.29 is 14.3 Å². The van der Waals surface area contributed by atoms with Gasteiger partial charge in [0.15, 0.2) is 11.5 Å². The third-order valence-corrected chi connectivity index (χ3v) is 5.69. The molecule has 0 spiro atoms. The number of carbonyl (C=O) groups excluding carboxylic acids is 1. The van der Waals surface area contributed by atoms with E-state index in [0.717, 1.165) is 49.5 Å². The first-order valence-corrected chi connectivity index (χ1v) is 10.2. The maximum Gasteiger partial charge on any atom is 0.231 e. The molecule has 26 heavy (non-hydrogen) atoms. The van der Waals surface area contributed by atoms with Crippen molar-refractivity contribution in [3.05, 3.63) is 23.8 Å². The molecule has 0 atom stereocenters. The van der Waals surface area contributed by atoms with Crippen molar-refractivity contribution in [2.24, 2.45) is 0 Å². The van der Waals surface area contributed by atoms with Crippen LogP contribution in [0.2, 0.25) is 0 Å². The number of likely N-dealkylation sites (tertiary alicyclic amines) is 1. The number of carbonyl (C=O) groups is 1. The fourth-order valence-corrected chi connectivity index (χ4v) is 3.98. The number of hydrogen-bond acceptors (Lipinski definition) is 4. The van der Waals surface area contributed by atoms with Crippen LogP contribution in [0.1, 0.15) is 56.9 Å². The molecule has 5 nitrogen and oxygen atoms in total. The van der Waals surface area contributed by atoms with E-state index in [1.165, 1.54) is 32.1 Å². The van der Waals surface area contributed by atoms with Crippen LogP contribution < -0.4 is 9.47 Å². The van der Waals surface area contributed by atoms with E-state index in [-0.39, 0.29) is 0 Å². The molecule has 1 aromatic rings. The van der Waals surface area contributed by atoms with Gasteiger partial charge in [0.25, 0.3) is 0 Å². The standard InChI is InChI=1S/C21H30N2O3/c24-21(10-13-22-11-4-2-1-3-5-12-22)23(18-7-8-18)15-17-6-9-19-20(14-17)26-16-25-19/h6,9,14,18H,1-5,7-8,10-13,15-16H2. The molecule has 3 aliphatic rings. The predicted octanol–water partition coefficient (Wildman–Crippen LogP) is 3.56. The first-order valence-electron chi connectivity index (χ1n) is 10.2. The molecule has 0 unspecified atom stereocenters. The van der Waals surface area contributed by atoms with Crippen molar-refractivity contribution in [2.45, 2.75) is 64.0 Å². The molecule has 1 amide bonds. The summed E-state index contributed by atoms with van der Waals surface area (Å²) in [6.45, 7) is 4.18. The Morgan fingerprint density at radius 1 is 1.04 bits per heavy atom. The molecule has 1 aliphatic carbocycles. The lowest BCUT2D eigenvalue weighted by atomic mass is 10.1. The topological polar surface area (TPSA) is 42.0 Å². The summed E-state index contributed by atoms with van der Waals surface area (Å²) >= 11 is 0. The Balaban J connectivity index is 1.33. The molecule has 1 aromatic carbocycles. The van der Waals surface area contributed by atoms with Gasteiger partial charge in [0.2, 0.25) is 12.7 Å². The van der Waals surface area contributed by atoms with Gasteiger partial charge in [-0.2, -0.15) is 0 Å². The monoisotopic (exact) mass is 358 g/mol. The van der Waals surface area contributed by atoms with Gasteiger partial charge in [-0.1, -0.05) is 25.3 Å². The highest BCUT2D eigenvalue weighted by molar-refractivity contribution is 5.77. The summed E-state index contributed by atoms with van der Waals surface area (Å²) in [4.78, 5) is 17.5. The lowest BCUT2D eigenvalue weighted by Crippen LogP contribution is -2.36. The molecule has 1 saturated heterocycles. The Morgan fingerprint density at radius 3 is 2.54 bits per heavy atom. The van der Waals surface area contributed by atoms with Crippen molar-refractivity contribution in [3.8, 4) is 11.5 Å². The van der Waals surface area contributed by atoms with Crippen LogP contribution in [0.25, 0.3) is 0 Å². The van der Waals surface area contributed by atoms with E-state index in [1.807, 2.05) is 12.1 Å². The van der Waals surface area contributed by atoms with E-state index < -0.39 is 0 Å². The number of hydrogen-bond donors (Lipinski definition) is 0. The van der Waals surface area contributed by atoms with Crippen molar-refractivity contribution in [1.29, 1.82) is 0 Å². The maximum atomic E-state index is 12.9. The smallest absolute Gasteiger partial charge is 0.231 e. The molecule has 2 heterocycles. The van der Waals surface area contributed by atoms with Crippen LogP contribution in [-0.4, -0.2) is 48.2 Å². The van der Waals surface area contributed by atoms with Crippen LogP contribution in [-0.2, 0) is 11.3 Å². The van der Waals surface area contributed by atoms with Gasteiger partial charge in [-0.25, -0.2) is 0 Å². The minimum absolute atomic E-state index is 0.292. The molecule has 0 bridgehead atoms. The lowest BCUT2D eigenvalue weighted by molar-refractivity contribution is -0.132. The van der Waals surface area contributed by atoms with Crippen LogP contribution in [0, 0.1) is 0 Å². The van der Waals surface area contributed by atoms with Crippen molar-refractivity contribution in [3.63, 3.8) is 0 Å². The van der Waals surface area contributed by atoms with Gasteiger partial charge in [0.1, 0.15) is 0 Å². The number of rotatable bonds is 6. The average Bonchev–Trinajstić information content (AvgIpc) is 3.35. The number of benzene rings is 1. The van der Waals surface area contributed by atoms with Gasteiger partial charge >= 0.3 is 0 Å². The van der Waals surface area contributed by atoms with Gasteiger partial charge in [0.05, 0.1) is 0 Å². The fraction of sp³-hybridized carbons (Fsp3) is 0.667. The Morgan fingerprint density at radius 2 is 1.77 bits per heavy atom. The molecule has 2 fully saturated rings. The Bertz CT molecular complexity index is 622. The molecule has 2 aliphatic heterocycles. The number of amides is 1. The van der Waals surface area contributed by atoms with E-state index in [2.05, 4.69) is 15.9 Å².